The molecule has 0 saturated carbocycles. The Bertz CT molecular complexity index is 255. The van der Waals surface area contributed by atoms with Crippen LogP contribution in [-0.2, 0) is 9.59 Å². The van der Waals surface area contributed by atoms with Gasteiger partial charge in [0.1, 0.15) is 0 Å². The monoisotopic (exact) mass is 214 g/mol. The quantitative estimate of drug-likeness (QED) is 0.716. The topological polar surface area (TPSA) is 60.9 Å². The minimum absolute atomic E-state index is 0.0252. The molecule has 1 atom stereocenters. The molecule has 1 rings (SSSR count). The summed E-state index contributed by atoms with van der Waals surface area (Å²) in [5.74, 6) is -0.774. The van der Waals surface area contributed by atoms with Crippen LogP contribution >= 0.6 is 0 Å². The number of hydrogen-bond acceptors (Lipinski definition) is 3. The van der Waals surface area contributed by atoms with Gasteiger partial charge in [0.05, 0.1) is 6.54 Å². The number of likely N-dealkylation sites (N-methyl/N-ethyl adjacent to an activating group) is 1. The number of carboxylic acids is 1. The lowest BCUT2D eigenvalue weighted by molar-refractivity contribution is -0.138. The zero-order chi connectivity index (χ0) is 11.4. The lowest BCUT2D eigenvalue weighted by Crippen LogP contribution is -2.42. The van der Waals surface area contributed by atoms with Gasteiger partial charge in [-0.15, -0.1) is 0 Å². The number of aliphatic carboxylic acids is 1. The number of nitrogens with zero attached hydrogens (tertiary/aromatic N) is 2. The van der Waals surface area contributed by atoms with E-state index in [-0.39, 0.29) is 18.5 Å². The van der Waals surface area contributed by atoms with Crippen molar-refractivity contribution in [2.45, 2.75) is 25.8 Å². The van der Waals surface area contributed by atoms with E-state index in [0.717, 1.165) is 19.4 Å². The molecule has 5 heteroatoms. The van der Waals surface area contributed by atoms with Gasteiger partial charge < -0.3 is 10.0 Å². The van der Waals surface area contributed by atoms with Gasteiger partial charge in [-0.1, -0.05) is 0 Å². The van der Waals surface area contributed by atoms with E-state index in [9.17, 15) is 9.59 Å². The zero-order valence-electron chi connectivity index (χ0n) is 9.27. The third kappa shape index (κ3) is 3.51. The van der Waals surface area contributed by atoms with Gasteiger partial charge in [-0.3, -0.25) is 14.5 Å². The van der Waals surface area contributed by atoms with Crippen LogP contribution in [0, 0.1) is 0 Å². The molecule has 0 bridgehead atoms. The average Bonchev–Trinajstić information content (AvgIpc) is 2.51. The molecule has 1 aliphatic heterocycles. The molecule has 1 heterocycles. The fourth-order valence-corrected chi connectivity index (χ4v) is 1.93. The van der Waals surface area contributed by atoms with Crippen LogP contribution in [0.2, 0.25) is 0 Å². The van der Waals surface area contributed by atoms with Crippen molar-refractivity contribution >= 4 is 11.9 Å². The van der Waals surface area contributed by atoms with E-state index in [1.54, 1.807) is 11.9 Å². The molecule has 0 aromatic heterocycles. The Hall–Kier alpha value is -1.10. The Kier molecular flexibility index (Phi) is 4.08. The average molecular weight is 214 g/mol. The third-order valence-electron chi connectivity index (χ3n) is 2.86. The van der Waals surface area contributed by atoms with E-state index >= 15 is 0 Å². The standard InChI is InChI=1S/C10H18N2O3/c1-8(13)11(2)6-9-4-3-5-12(9)7-10(14)15/h9H,3-7H2,1-2H3,(H,14,15). The molecule has 5 nitrogen and oxygen atoms in total. The molecule has 0 aromatic rings. The maximum Gasteiger partial charge on any atom is 0.317 e. The first kappa shape index (κ1) is 12.0. The van der Waals surface area contributed by atoms with E-state index in [1.807, 2.05) is 4.90 Å². The van der Waals surface area contributed by atoms with E-state index in [2.05, 4.69) is 0 Å². The van der Waals surface area contributed by atoms with Crippen molar-refractivity contribution in [2.24, 2.45) is 0 Å². The molecule has 1 fully saturated rings. The Morgan fingerprint density at radius 2 is 2.20 bits per heavy atom. The minimum atomic E-state index is -0.799. The molecule has 1 amide bonds. The van der Waals surface area contributed by atoms with Gasteiger partial charge in [-0.05, 0) is 19.4 Å². The molecule has 0 aromatic carbocycles. The van der Waals surface area contributed by atoms with E-state index in [4.69, 9.17) is 5.11 Å². The molecule has 1 saturated heterocycles. The Labute approximate surface area is 89.7 Å². The summed E-state index contributed by atoms with van der Waals surface area (Å²) in [5.41, 5.74) is 0. The van der Waals surface area contributed by atoms with Crippen molar-refractivity contribution < 1.29 is 14.7 Å². The van der Waals surface area contributed by atoms with Crippen molar-refractivity contribution in [2.75, 3.05) is 26.7 Å². The lowest BCUT2D eigenvalue weighted by atomic mass is 10.2. The van der Waals surface area contributed by atoms with Gasteiger partial charge in [0.15, 0.2) is 0 Å². The predicted octanol–water partition coefficient (Wildman–Crippen LogP) is 0.0137. The first-order valence-electron chi connectivity index (χ1n) is 5.18. The maximum atomic E-state index is 11.1. The van der Waals surface area contributed by atoms with E-state index in [1.165, 1.54) is 6.92 Å². The summed E-state index contributed by atoms with van der Waals surface area (Å²) in [4.78, 5) is 25.2. The first-order chi connectivity index (χ1) is 7.00. The summed E-state index contributed by atoms with van der Waals surface area (Å²) in [6.45, 7) is 3.05. The number of amides is 1. The smallest absolute Gasteiger partial charge is 0.317 e. The lowest BCUT2D eigenvalue weighted by Gasteiger charge is -2.26. The highest BCUT2D eigenvalue weighted by molar-refractivity contribution is 5.73. The van der Waals surface area contributed by atoms with Gasteiger partial charge in [-0.25, -0.2) is 0 Å². The van der Waals surface area contributed by atoms with Crippen LogP contribution in [0.4, 0.5) is 0 Å². The highest BCUT2D eigenvalue weighted by Crippen LogP contribution is 2.17. The molecule has 1 N–H and O–H groups in total. The molecular weight excluding hydrogens is 196 g/mol. The van der Waals surface area contributed by atoms with Crippen LogP contribution < -0.4 is 0 Å². The molecular formula is C10H18N2O3. The Morgan fingerprint density at radius 3 is 2.73 bits per heavy atom. The van der Waals surface area contributed by atoms with Crippen LogP contribution in [0.15, 0.2) is 0 Å². The molecule has 0 spiro atoms. The van der Waals surface area contributed by atoms with Crippen LogP contribution in [0.3, 0.4) is 0 Å². The second-order valence-electron chi connectivity index (χ2n) is 4.06. The maximum absolute atomic E-state index is 11.1. The van der Waals surface area contributed by atoms with Gasteiger partial charge >= 0.3 is 5.97 Å². The fraction of sp³-hybridized carbons (Fsp3) is 0.800. The summed E-state index contributed by atoms with van der Waals surface area (Å²) < 4.78 is 0. The number of carbonyl (C=O) groups excluding carboxylic acids is 1. The minimum Gasteiger partial charge on any atom is -0.480 e. The van der Waals surface area contributed by atoms with Crippen molar-refractivity contribution in [1.29, 1.82) is 0 Å². The number of rotatable bonds is 4. The second kappa shape index (κ2) is 5.11. The predicted molar refractivity (Wildman–Crippen MR) is 55.5 cm³/mol. The summed E-state index contributed by atoms with van der Waals surface area (Å²) in [5, 5.41) is 8.71. The highest BCUT2D eigenvalue weighted by Gasteiger charge is 2.27. The van der Waals surface area contributed by atoms with Gasteiger partial charge in [0, 0.05) is 26.6 Å². The summed E-state index contributed by atoms with van der Waals surface area (Å²) in [7, 11) is 1.75. The number of carbonyl (C=O) groups is 2. The molecule has 1 unspecified atom stereocenters. The summed E-state index contributed by atoms with van der Waals surface area (Å²) in [6.07, 6.45) is 1.99. The normalized spacial score (nSPS) is 21.6. The zero-order valence-corrected chi connectivity index (χ0v) is 9.27. The SMILES string of the molecule is CC(=O)N(C)CC1CCCN1CC(=O)O. The molecule has 0 radical (unpaired) electrons. The van der Waals surface area contributed by atoms with Gasteiger partial charge in [0.25, 0.3) is 0 Å². The number of carboxylic acid groups (broad SMARTS) is 1. The van der Waals surface area contributed by atoms with Gasteiger partial charge in [-0.2, -0.15) is 0 Å². The van der Waals surface area contributed by atoms with Crippen molar-refractivity contribution in [3.05, 3.63) is 0 Å². The molecule has 86 valence electrons. The van der Waals surface area contributed by atoms with E-state index < -0.39 is 5.97 Å². The first-order valence-corrected chi connectivity index (χ1v) is 5.18. The summed E-state index contributed by atoms with van der Waals surface area (Å²) in [6, 6.07) is 0.204. The van der Waals surface area contributed by atoms with Crippen LogP contribution in [0.1, 0.15) is 19.8 Å². The fourth-order valence-electron chi connectivity index (χ4n) is 1.93. The van der Waals surface area contributed by atoms with Crippen LogP contribution in [0.25, 0.3) is 0 Å². The summed E-state index contributed by atoms with van der Waals surface area (Å²) >= 11 is 0. The van der Waals surface area contributed by atoms with Crippen LogP contribution in [-0.4, -0.2) is 59.5 Å². The number of hydrogen-bond donors (Lipinski definition) is 1. The Balaban J connectivity index is 2.46. The number of likely N-dealkylation sites (tertiary alicyclic amines) is 1. The Morgan fingerprint density at radius 1 is 1.53 bits per heavy atom. The van der Waals surface area contributed by atoms with Crippen molar-refractivity contribution in [3.63, 3.8) is 0 Å². The van der Waals surface area contributed by atoms with Crippen molar-refractivity contribution in [1.82, 2.24) is 9.80 Å². The van der Waals surface area contributed by atoms with Crippen molar-refractivity contribution in [3.8, 4) is 0 Å². The second-order valence-corrected chi connectivity index (χ2v) is 4.06. The molecule has 15 heavy (non-hydrogen) atoms. The largest absolute Gasteiger partial charge is 0.480 e. The third-order valence-corrected chi connectivity index (χ3v) is 2.86. The van der Waals surface area contributed by atoms with Gasteiger partial charge in [0.2, 0.25) is 5.91 Å². The highest BCUT2D eigenvalue weighted by atomic mass is 16.4. The van der Waals surface area contributed by atoms with Crippen LogP contribution in [0.5, 0.6) is 0 Å². The molecule has 0 aliphatic carbocycles. The van der Waals surface area contributed by atoms with E-state index in [0.29, 0.717) is 6.54 Å². The molecule has 1 aliphatic rings.